The van der Waals surface area contributed by atoms with Crippen molar-refractivity contribution in [1.82, 2.24) is 5.32 Å². The Morgan fingerprint density at radius 2 is 1.94 bits per heavy atom. The molecule has 17 heavy (non-hydrogen) atoms. The second kappa shape index (κ2) is 4.57. The molecule has 2 N–H and O–H groups in total. The minimum atomic E-state index is -0.449. The highest BCUT2D eigenvalue weighted by Crippen LogP contribution is 2.19. The number of anilines is 1. The van der Waals surface area contributed by atoms with E-state index in [1.807, 2.05) is 13.8 Å². The number of hydrogen-bond acceptors (Lipinski definition) is 2. The number of hydrogen-bond donors (Lipinski definition) is 2. The highest BCUT2D eigenvalue weighted by molar-refractivity contribution is 6.09. The number of nitrogens with one attached hydrogen (secondary N) is 2. The van der Waals surface area contributed by atoms with Crippen LogP contribution in [0.1, 0.15) is 30.6 Å². The summed E-state index contributed by atoms with van der Waals surface area (Å²) >= 11 is 0. The van der Waals surface area contributed by atoms with Crippen molar-refractivity contribution < 1.29 is 9.59 Å². The second-order valence-corrected chi connectivity index (χ2v) is 4.69. The fourth-order valence-electron chi connectivity index (χ4n) is 1.95. The van der Waals surface area contributed by atoms with Crippen molar-refractivity contribution >= 4 is 17.5 Å². The number of fused-ring (bicyclic) bond motifs is 1. The molecule has 0 saturated carbocycles. The average Bonchev–Trinajstić information content (AvgIpc) is 2.38. The van der Waals surface area contributed by atoms with E-state index in [1.54, 1.807) is 24.3 Å². The summed E-state index contributed by atoms with van der Waals surface area (Å²) in [6, 6.07) is 6.59. The van der Waals surface area contributed by atoms with Crippen molar-refractivity contribution in [2.24, 2.45) is 5.92 Å². The first kappa shape index (κ1) is 11.6. The zero-order valence-corrected chi connectivity index (χ0v) is 9.99. The second-order valence-electron chi connectivity index (χ2n) is 4.69. The van der Waals surface area contributed by atoms with E-state index >= 15 is 0 Å². The zero-order valence-electron chi connectivity index (χ0n) is 9.99. The molecule has 1 aliphatic rings. The predicted molar refractivity (Wildman–Crippen MR) is 65.8 cm³/mol. The monoisotopic (exact) mass is 232 g/mol. The Hall–Kier alpha value is -1.84. The van der Waals surface area contributed by atoms with Crippen LogP contribution in [0.15, 0.2) is 24.3 Å². The standard InChI is InChI=1S/C13H16N2O2/c1-8(2)7-11-13(17)14-10-6-4-3-5-9(10)12(16)15-11/h3-6,8,11H,7H2,1-2H3,(H,14,17)(H,15,16)/t11-/m0/s1. The smallest absolute Gasteiger partial charge is 0.254 e. The lowest BCUT2D eigenvalue weighted by Gasteiger charge is -2.16. The number of rotatable bonds is 2. The molecule has 0 fully saturated rings. The van der Waals surface area contributed by atoms with E-state index in [0.29, 0.717) is 23.6 Å². The van der Waals surface area contributed by atoms with Crippen molar-refractivity contribution in [3.8, 4) is 0 Å². The van der Waals surface area contributed by atoms with Crippen LogP contribution in [-0.4, -0.2) is 17.9 Å². The number of benzene rings is 1. The fourth-order valence-corrected chi connectivity index (χ4v) is 1.95. The first-order valence-corrected chi connectivity index (χ1v) is 5.78. The van der Waals surface area contributed by atoms with E-state index in [2.05, 4.69) is 10.6 Å². The predicted octanol–water partition coefficient (Wildman–Crippen LogP) is 1.78. The molecule has 1 aliphatic heterocycles. The van der Waals surface area contributed by atoms with Crippen LogP contribution in [0, 0.1) is 5.92 Å². The van der Waals surface area contributed by atoms with Crippen LogP contribution in [0.3, 0.4) is 0 Å². The van der Waals surface area contributed by atoms with Crippen LogP contribution in [0.5, 0.6) is 0 Å². The van der Waals surface area contributed by atoms with Crippen LogP contribution in [0.25, 0.3) is 0 Å². The topological polar surface area (TPSA) is 58.2 Å². The molecule has 1 heterocycles. The Bertz CT molecular complexity index is 454. The van der Waals surface area contributed by atoms with Gasteiger partial charge in [-0.1, -0.05) is 26.0 Å². The molecule has 90 valence electrons. The summed E-state index contributed by atoms with van der Waals surface area (Å²) in [7, 11) is 0. The van der Waals surface area contributed by atoms with Gasteiger partial charge in [-0.3, -0.25) is 9.59 Å². The van der Waals surface area contributed by atoms with Gasteiger partial charge in [-0.2, -0.15) is 0 Å². The van der Waals surface area contributed by atoms with Crippen molar-refractivity contribution in [1.29, 1.82) is 0 Å². The molecule has 2 amide bonds. The summed E-state index contributed by atoms with van der Waals surface area (Å²) in [4.78, 5) is 23.9. The number of amides is 2. The summed E-state index contributed by atoms with van der Waals surface area (Å²) in [5.74, 6) is 0.0221. The lowest BCUT2D eigenvalue weighted by Crippen LogP contribution is -2.41. The van der Waals surface area contributed by atoms with E-state index in [-0.39, 0.29) is 11.8 Å². The van der Waals surface area contributed by atoms with Gasteiger partial charge in [-0.25, -0.2) is 0 Å². The van der Waals surface area contributed by atoms with Crippen molar-refractivity contribution in [2.75, 3.05) is 5.32 Å². The zero-order chi connectivity index (χ0) is 12.4. The Balaban J connectivity index is 2.28. The normalized spacial score (nSPS) is 19.4. The van der Waals surface area contributed by atoms with E-state index in [1.165, 1.54) is 0 Å². The lowest BCUT2D eigenvalue weighted by molar-refractivity contribution is -0.118. The maximum absolute atomic E-state index is 11.9. The van der Waals surface area contributed by atoms with E-state index in [4.69, 9.17) is 0 Å². The third-order valence-electron chi connectivity index (χ3n) is 2.76. The minimum Gasteiger partial charge on any atom is -0.340 e. The molecular formula is C13H16N2O2. The molecule has 0 aliphatic carbocycles. The molecule has 1 atom stereocenters. The van der Waals surface area contributed by atoms with Gasteiger partial charge < -0.3 is 10.6 Å². The summed E-state index contributed by atoms with van der Waals surface area (Å²) < 4.78 is 0. The van der Waals surface area contributed by atoms with Crippen LogP contribution in [-0.2, 0) is 4.79 Å². The van der Waals surface area contributed by atoms with Crippen molar-refractivity contribution in [3.05, 3.63) is 29.8 Å². The van der Waals surface area contributed by atoms with Crippen LogP contribution in [0.4, 0.5) is 5.69 Å². The highest BCUT2D eigenvalue weighted by atomic mass is 16.2. The van der Waals surface area contributed by atoms with Gasteiger partial charge >= 0.3 is 0 Å². The Morgan fingerprint density at radius 1 is 1.24 bits per heavy atom. The summed E-state index contributed by atoms with van der Waals surface area (Å²) in [5.41, 5.74) is 1.10. The number of para-hydroxylation sites is 1. The average molecular weight is 232 g/mol. The van der Waals surface area contributed by atoms with Crippen LogP contribution < -0.4 is 10.6 Å². The molecule has 0 aromatic heterocycles. The molecule has 4 heteroatoms. The maximum atomic E-state index is 11.9. The molecule has 1 aromatic rings. The van der Waals surface area contributed by atoms with Gasteiger partial charge in [0.15, 0.2) is 0 Å². The summed E-state index contributed by atoms with van der Waals surface area (Å²) in [6.45, 7) is 4.05. The van der Waals surface area contributed by atoms with Gasteiger partial charge in [-0.15, -0.1) is 0 Å². The molecule has 0 unspecified atom stereocenters. The molecule has 0 bridgehead atoms. The third-order valence-corrected chi connectivity index (χ3v) is 2.76. The number of carbonyl (C=O) groups excluding carboxylic acids is 2. The van der Waals surface area contributed by atoms with Gasteiger partial charge in [0.25, 0.3) is 5.91 Å². The van der Waals surface area contributed by atoms with Crippen LogP contribution in [0.2, 0.25) is 0 Å². The van der Waals surface area contributed by atoms with Crippen LogP contribution >= 0.6 is 0 Å². The van der Waals surface area contributed by atoms with Gasteiger partial charge in [0.2, 0.25) is 5.91 Å². The van der Waals surface area contributed by atoms with Gasteiger partial charge in [-0.05, 0) is 24.5 Å². The largest absolute Gasteiger partial charge is 0.340 e. The highest BCUT2D eigenvalue weighted by Gasteiger charge is 2.27. The Kier molecular flexibility index (Phi) is 3.13. The van der Waals surface area contributed by atoms with Gasteiger partial charge in [0.05, 0.1) is 11.3 Å². The molecule has 1 aromatic carbocycles. The minimum absolute atomic E-state index is 0.142. The molecule has 2 rings (SSSR count). The molecule has 0 spiro atoms. The molecule has 0 saturated heterocycles. The molecule has 0 radical (unpaired) electrons. The van der Waals surface area contributed by atoms with Gasteiger partial charge in [0, 0.05) is 0 Å². The van der Waals surface area contributed by atoms with E-state index in [9.17, 15) is 9.59 Å². The summed E-state index contributed by atoms with van der Waals surface area (Å²) in [5, 5.41) is 5.55. The third kappa shape index (κ3) is 2.46. The fraction of sp³-hybridized carbons (Fsp3) is 0.385. The quantitative estimate of drug-likeness (QED) is 0.816. The maximum Gasteiger partial charge on any atom is 0.254 e. The lowest BCUT2D eigenvalue weighted by atomic mass is 10.0. The Labute approximate surface area is 100 Å². The Morgan fingerprint density at radius 3 is 2.65 bits per heavy atom. The summed E-state index contributed by atoms with van der Waals surface area (Å²) in [6.07, 6.45) is 0.644. The number of carbonyl (C=O) groups is 2. The van der Waals surface area contributed by atoms with Crippen molar-refractivity contribution in [2.45, 2.75) is 26.3 Å². The van der Waals surface area contributed by atoms with Crippen molar-refractivity contribution in [3.63, 3.8) is 0 Å². The van der Waals surface area contributed by atoms with Gasteiger partial charge in [0.1, 0.15) is 6.04 Å². The molecular weight excluding hydrogens is 216 g/mol. The molecule has 4 nitrogen and oxygen atoms in total. The van der Waals surface area contributed by atoms with E-state index < -0.39 is 6.04 Å². The van der Waals surface area contributed by atoms with E-state index in [0.717, 1.165) is 0 Å². The SMILES string of the molecule is CC(C)C[C@@H]1NC(=O)c2ccccc2NC1=O. The first-order chi connectivity index (χ1) is 8.08. The first-order valence-electron chi connectivity index (χ1n) is 5.78.